The van der Waals surface area contributed by atoms with Crippen molar-refractivity contribution in [2.75, 3.05) is 13.1 Å². The van der Waals surface area contributed by atoms with Crippen molar-refractivity contribution < 1.29 is 38.9 Å². The molecule has 0 saturated heterocycles. The minimum atomic E-state index is -1.19. The molecule has 0 aliphatic carbocycles. The highest BCUT2D eigenvalue weighted by molar-refractivity contribution is 7.09. The second-order valence-corrected chi connectivity index (χ2v) is 11.9. The van der Waals surface area contributed by atoms with Crippen molar-refractivity contribution in [2.45, 2.75) is 78.4 Å². The number of thiazole rings is 1. The molecule has 11 nitrogen and oxygen atoms in total. The normalized spacial score (nSPS) is 16.4. The topological polar surface area (TPSA) is 147 Å². The molecule has 1 aromatic carbocycles. The molecule has 3 atom stereocenters. The number of nitrogens with zero attached hydrogens (tertiary/aromatic N) is 3. The summed E-state index contributed by atoms with van der Waals surface area (Å²) in [7, 11) is 0. The number of benzene rings is 1. The minimum absolute atomic E-state index is 0.118. The number of esters is 1. The van der Waals surface area contributed by atoms with Crippen LogP contribution in [0.1, 0.15) is 98.1 Å². The molecule has 3 rings (SSSR count). The standard InChI is InChI=1S/C28H37N3O8S/c1-16(2)21(14-22(38-17(3)32)23-29-20(15-40-23)26(35)36)30(27(37)39-28(4,5)6)12-9-13-31-24(33)18-10-7-8-11-19(18)25(31)34/h7-8,10-11,15-16,21-22,24,33H,9,12-14H2,1-6H3,(H,35,36)/t21-,22-,24?/m1/s1. The van der Waals surface area contributed by atoms with E-state index in [1.54, 1.807) is 49.9 Å². The molecule has 1 aliphatic heterocycles. The van der Waals surface area contributed by atoms with Crippen LogP contribution in [0.4, 0.5) is 4.79 Å². The lowest BCUT2D eigenvalue weighted by atomic mass is 9.96. The molecule has 218 valence electrons. The number of carbonyl (C=O) groups is 4. The number of fused-ring (bicyclic) bond motifs is 1. The molecule has 0 fully saturated rings. The van der Waals surface area contributed by atoms with Crippen LogP contribution < -0.4 is 0 Å². The molecule has 40 heavy (non-hydrogen) atoms. The Morgan fingerprint density at radius 3 is 2.42 bits per heavy atom. The summed E-state index contributed by atoms with van der Waals surface area (Å²) in [5.41, 5.74) is 0.0649. The number of amides is 2. The summed E-state index contributed by atoms with van der Waals surface area (Å²) in [5, 5.41) is 21.7. The van der Waals surface area contributed by atoms with Gasteiger partial charge in [-0.15, -0.1) is 11.3 Å². The molecule has 0 bridgehead atoms. The monoisotopic (exact) mass is 575 g/mol. The van der Waals surface area contributed by atoms with Crippen molar-refractivity contribution >= 4 is 35.3 Å². The van der Waals surface area contributed by atoms with Gasteiger partial charge in [-0.2, -0.15) is 0 Å². The Kier molecular flexibility index (Phi) is 9.91. The van der Waals surface area contributed by atoms with E-state index in [1.807, 2.05) is 13.8 Å². The Labute approximate surface area is 237 Å². The Hall–Kier alpha value is -3.51. The van der Waals surface area contributed by atoms with Crippen molar-refractivity contribution in [3.8, 4) is 0 Å². The Balaban J connectivity index is 1.84. The number of ether oxygens (including phenoxy) is 2. The van der Waals surface area contributed by atoms with Gasteiger partial charge < -0.3 is 29.5 Å². The molecule has 2 N–H and O–H groups in total. The van der Waals surface area contributed by atoms with Gasteiger partial charge in [-0.3, -0.25) is 9.59 Å². The van der Waals surface area contributed by atoms with Gasteiger partial charge in [-0.05, 0) is 39.2 Å². The molecule has 12 heteroatoms. The van der Waals surface area contributed by atoms with Crippen LogP contribution in [0.15, 0.2) is 29.6 Å². The van der Waals surface area contributed by atoms with Crippen LogP contribution in [-0.4, -0.2) is 73.7 Å². The lowest BCUT2D eigenvalue weighted by Gasteiger charge is -2.37. The van der Waals surface area contributed by atoms with Gasteiger partial charge in [0.05, 0.1) is 0 Å². The zero-order chi connectivity index (χ0) is 29.8. The van der Waals surface area contributed by atoms with Crippen molar-refractivity contribution in [3.63, 3.8) is 0 Å². The largest absolute Gasteiger partial charge is 0.476 e. The number of aromatic carboxylic acids is 1. The van der Waals surface area contributed by atoms with Crippen molar-refractivity contribution in [3.05, 3.63) is 51.5 Å². The van der Waals surface area contributed by atoms with Crippen LogP contribution in [0.2, 0.25) is 0 Å². The SMILES string of the molecule is CC(=O)O[C@H](C[C@H](C(C)C)N(CCCN1C(=O)c2ccccc2C1O)C(=O)OC(C)(C)C)c1nc(C(=O)O)cs1. The fourth-order valence-corrected chi connectivity index (χ4v) is 5.44. The first-order chi connectivity index (χ1) is 18.7. The Morgan fingerprint density at radius 1 is 1.20 bits per heavy atom. The zero-order valence-electron chi connectivity index (χ0n) is 23.6. The maximum absolute atomic E-state index is 13.4. The van der Waals surface area contributed by atoms with Gasteiger partial charge in [0, 0.05) is 49.0 Å². The van der Waals surface area contributed by atoms with Crippen molar-refractivity contribution in [2.24, 2.45) is 5.92 Å². The van der Waals surface area contributed by atoms with Crippen LogP contribution in [0.25, 0.3) is 0 Å². The number of aromatic nitrogens is 1. The molecule has 1 aliphatic rings. The number of carboxylic acid groups (broad SMARTS) is 1. The highest BCUT2D eigenvalue weighted by atomic mass is 32.1. The van der Waals surface area contributed by atoms with Crippen molar-refractivity contribution in [1.82, 2.24) is 14.8 Å². The van der Waals surface area contributed by atoms with E-state index in [0.29, 0.717) is 22.6 Å². The molecule has 0 spiro atoms. The van der Waals surface area contributed by atoms with Crippen molar-refractivity contribution in [1.29, 1.82) is 0 Å². The summed E-state index contributed by atoms with van der Waals surface area (Å²) < 4.78 is 11.3. The second-order valence-electron chi connectivity index (χ2n) is 11.0. The average Bonchev–Trinajstić information content (AvgIpc) is 3.43. The highest BCUT2D eigenvalue weighted by Crippen LogP contribution is 2.33. The molecule has 1 unspecified atom stereocenters. The first kappa shape index (κ1) is 31.0. The van der Waals surface area contributed by atoms with Gasteiger partial charge in [0.1, 0.15) is 10.6 Å². The number of carboxylic acids is 1. The van der Waals surface area contributed by atoms with E-state index < -0.39 is 42.0 Å². The van der Waals surface area contributed by atoms with Gasteiger partial charge in [0.15, 0.2) is 18.0 Å². The highest BCUT2D eigenvalue weighted by Gasteiger charge is 2.37. The number of aliphatic hydroxyl groups excluding tert-OH is 1. The van der Waals surface area contributed by atoms with E-state index in [2.05, 4.69) is 4.98 Å². The summed E-state index contributed by atoms with van der Waals surface area (Å²) >= 11 is 1.07. The summed E-state index contributed by atoms with van der Waals surface area (Å²) in [6, 6.07) is 6.40. The van der Waals surface area contributed by atoms with E-state index in [-0.39, 0.29) is 37.0 Å². The maximum Gasteiger partial charge on any atom is 0.410 e. The third kappa shape index (κ3) is 7.57. The molecular formula is C28H37N3O8S. The first-order valence-corrected chi connectivity index (χ1v) is 14.0. The van der Waals surface area contributed by atoms with Gasteiger partial charge in [-0.25, -0.2) is 14.6 Å². The predicted octanol–water partition coefficient (Wildman–Crippen LogP) is 4.63. The molecule has 2 amide bonds. The molecular weight excluding hydrogens is 538 g/mol. The van der Waals surface area contributed by atoms with Gasteiger partial charge in [0.25, 0.3) is 5.91 Å². The molecule has 2 heterocycles. The molecule has 2 aromatic rings. The fraction of sp³-hybridized carbons (Fsp3) is 0.536. The smallest absolute Gasteiger partial charge is 0.410 e. The van der Waals surface area contributed by atoms with Crippen LogP contribution in [0, 0.1) is 5.92 Å². The minimum Gasteiger partial charge on any atom is -0.476 e. The maximum atomic E-state index is 13.4. The molecule has 0 radical (unpaired) electrons. The molecule has 0 saturated carbocycles. The predicted molar refractivity (Wildman–Crippen MR) is 147 cm³/mol. The van der Waals surface area contributed by atoms with Crippen LogP contribution in [0.5, 0.6) is 0 Å². The fourth-order valence-electron chi connectivity index (χ4n) is 4.61. The quantitative estimate of drug-likeness (QED) is 0.366. The lowest BCUT2D eigenvalue weighted by Crippen LogP contribution is -2.47. The third-order valence-corrected chi connectivity index (χ3v) is 7.34. The number of aliphatic hydroxyl groups is 1. The van der Waals surface area contributed by atoms with E-state index >= 15 is 0 Å². The number of hydrogen-bond donors (Lipinski definition) is 2. The third-order valence-electron chi connectivity index (χ3n) is 6.40. The van der Waals surface area contributed by atoms with E-state index in [9.17, 15) is 29.4 Å². The Bertz CT molecular complexity index is 1240. The average molecular weight is 576 g/mol. The first-order valence-electron chi connectivity index (χ1n) is 13.1. The molecule has 1 aromatic heterocycles. The lowest BCUT2D eigenvalue weighted by molar-refractivity contribution is -0.148. The Morgan fingerprint density at radius 2 is 1.88 bits per heavy atom. The number of carbonyl (C=O) groups excluding carboxylic acids is 3. The summed E-state index contributed by atoms with van der Waals surface area (Å²) in [6.45, 7) is 10.8. The summed E-state index contributed by atoms with van der Waals surface area (Å²) in [4.78, 5) is 56.7. The van der Waals surface area contributed by atoms with Gasteiger partial charge >= 0.3 is 18.0 Å². The van der Waals surface area contributed by atoms with E-state index in [0.717, 1.165) is 11.3 Å². The van der Waals surface area contributed by atoms with E-state index in [4.69, 9.17) is 9.47 Å². The van der Waals surface area contributed by atoms with Crippen LogP contribution >= 0.6 is 11.3 Å². The summed E-state index contributed by atoms with van der Waals surface area (Å²) in [5.74, 6) is -2.15. The summed E-state index contributed by atoms with van der Waals surface area (Å²) in [6.07, 6.45) is -2.03. The van der Waals surface area contributed by atoms with Gasteiger partial charge in [-0.1, -0.05) is 32.0 Å². The second kappa shape index (κ2) is 12.8. The number of rotatable bonds is 11. The van der Waals surface area contributed by atoms with Gasteiger partial charge in [0.2, 0.25) is 0 Å². The zero-order valence-corrected chi connectivity index (χ0v) is 24.4. The van der Waals surface area contributed by atoms with Crippen LogP contribution in [0.3, 0.4) is 0 Å². The van der Waals surface area contributed by atoms with E-state index in [1.165, 1.54) is 17.2 Å². The number of hydrogen-bond acceptors (Lipinski definition) is 9. The van der Waals surface area contributed by atoms with Crippen LogP contribution in [-0.2, 0) is 14.3 Å².